The Kier molecular flexibility index (Phi) is 53.2. The first-order valence-corrected chi connectivity index (χ1v) is 29.2. The van der Waals surface area contributed by atoms with Crippen molar-refractivity contribution in [1.29, 1.82) is 0 Å². The van der Waals surface area contributed by atoms with E-state index in [2.05, 4.69) is 32.9 Å². The summed E-state index contributed by atoms with van der Waals surface area (Å²) in [5, 5.41) is 0. The van der Waals surface area contributed by atoms with Crippen LogP contribution in [0.3, 0.4) is 0 Å². The summed E-state index contributed by atoms with van der Waals surface area (Å²) in [6, 6.07) is 0. The van der Waals surface area contributed by atoms with Gasteiger partial charge in [0.25, 0.3) is 0 Å². The smallest absolute Gasteiger partial charge is 0.306 e. The Labute approximate surface area is 405 Å². The van der Waals surface area contributed by atoms with Crippen molar-refractivity contribution in [2.45, 2.75) is 335 Å². The van der Waals surface area contributed by atoms with Crippen molar-refractivity contribution in [2.75, 3.05) is 13.2 Å². The zero-order valence-corrected chi connectivity index (χ0v) is 44.0. The fourth-order valence-corrected chi connectivity index (χ4v) is 8.85. The molecule has 0 aromatic rings. The van der Waals surface area contributed by atoms with Crippen molar-refractivity contribution >= 4 is 17.9 Å². The number of ether oxygens (including phenoxy) is 3. The second kappa shape index (κ2) is 54.8. The molecule has 0 amide bonds. The maximum Gasteiger partial charge on any atom is 0.306 e. The minimum atomic E-state index is -0.770. The van der Waals surface area contributed by atoms with Crippen molar-refractivity contribution in [3.63, 3.8) is 0 Å². The molecule has 0 N–H and O–H groups in total. The summed E-state index contributed by atoms with van der Waals surface area (Å²) >= 11 is 0. The summed E-state index contributed by atoms with van der Waals surface area (Å²) in [6.45, 7) is 6.68. The molecular formula is C59H112O6. The number of rotatable bonds is 54. The highest BCUT2D eigenvalue weighted by molar-refractivity contribution is 5.71. The summed E-state index contributed by atoms with van der Waals surface area (Å²) in [6.07, 6.45) is 62.0. The highest BCUT2D eigenvalue weighted by Crippen LogP contribution is 2.17. The van der Waals surface area contributed by atoms with Gasteiger partial charge in [-0.2, -0.15) is 0 Å². The fraction of sp³-hybridized carbons (Fsp3) is 0.915. The van der Waals surface area contributed by atoms with Gasteiger partial charge in [-0.1, -0.05) is 277 Å². The number of hydrogen-bond acceptors (Lipinski definition) is 6. The minimum absolute atomic E-state index is 0.0685. The van der Waals surface area contributed by atoms with Gasteiger partial charge in [-0.15, -0.1) is 0 Å². The molecule has 0 aliphatic rings. The average molecular weight is 918 g/mol. The third-order valence-electron chi connectivity index (χ3n) is 13.3. The second-order valence-electron chi connectivity index (χ2n) is 19.9. The number of carbonyl (C=O) groups is 3. The van der Waals surface area contributed by atoms with Crippen LogP contribution in [0.2, 0.25) is 0 Å². The molecule has 0 saturated heterocycles. The molecule has 0 rings (SSSR count). The standard InChI is InChI=1S/C59H112O6/c1-4-7-10-13-16-19-22-25-27-29-31-34-37-40-43-46-49-52-58(61)64-55-56(54-63-57(60)51-48-45-42-39-36-33-24-21-18-15-12-9-6-3)65-59(62)53-50-47-44-41-38-35-32-30-28-26-23-20-17-14-11-8-5-2/h33,36,56H,4-32,34-35,37-55H2,1-3H3/b36-33-. The molecule has 384 valence electrons. The Hall–Kier alpha value is -1.85. The van der Waals surface area contributed by atoms with E-state index in [4.69, 9.17) is 14.2 Å². The summed E-state index contributed by atoms with van der Waals surface area (Å²) in [4.78, 5) is 38.1. The largest absolute Gasteiger partial charge is 0.462 e. The molecule has 0 saturated carbocycles. The summed E-state index contributed by atoms with van der Waals surface area (Å²) in [5.74, 6) is -0.860. The minimum Gasteiger partial charge on any atom is -0.462 e. The van der Waals surface area contributed by atoms with Gasteiger partial charge in [0.05, 0.1) is 0 Å². The number of unbranched alkanes of at least 4 members (excludes halogenated alkanes) is 41. The zero-order chi connectivity index (χ0) is 47.2. The van der Waals surface area contributed by atoms with Crippen molar-refractivity contribution in [3.8, 4) is 0 Å². The van der Waals surface area contributed by atoms with E-state index in [1.165, 1.54) is 225 Å². The van der Waals surface area contributed by atoms with E-state index < -0.39 is 6.10 Å². The van der Waals surface area contributed by atoms with Crippen LogP contribution in [0.25, 0.3) is 0 Å². The van der Waals surface area contributed by atoms with Gasteiger partial charge in [0.2, 0.25) is 0 Å². The van der Waals surface area contributed by atoms with E-state index >= 15 is 0 Å². The normalized spacial score (nSPS) is 12.0. The molecule has 6 heteroatoms. The number of allylic oxidation sites excluding steroid dienone is 2. The topological polar surface area (TPSA) is 78.9 Å². The van der Waals surface area contributed by atoms with Crippen LogP contribution in [0.1, 0.15) is 329 Å². The predicted octanol–water partition coefficient (Wildman–Crippen LogP) is 19.3. The zero-order valence-electron chi connectivity index (χ0n) is 44.0. The number of carbonyl (C=O) groups excluding carboxylic acids is 3. The molecule has 6 nitrogen and oxygen atoms in total. The van der Waals surface area contributed by atoms with E-state index in [1.807, 2.05) is 0 Å². The quantitative estimate of drug-likeness (QED) is 0.0262. The van der Waals surface area contributed by atoms with E-state index in [0.717, 1.165) is 64.2 Å². The lowest BCUT2D eigenvalue weighted by atomic mass is 10.0. The third-order valence-corrected chi connectivity index (χ3v) is 13.3. The lowest BCUT2D eigenvalue weighted by molar-refractivity contribution is -0.167. The van der Waals surface area contributed by atoms with Gasteiger partial charge >= 0.3 is 17.9 Å². The van der Waals surface area contributed by atoms with Crippen LogP contribution in [0.15, 0.2) is 12.2 Å². The Morgan fingerprint density at radius 2 is 0.508 bits per heavy atom. The lowest BCUT2D eigenvalue weighted by Crippen LogP contribution is -2.30. The Morgan fingerprint density at radius 3 is 0.785 bits per heavy atom. The molecule has 0 bridgehead atoms. The average Bonchev–Trinajstić information content (AvgIpc) is 3.30. The Bertz CT molecular complexity index is 1010. The highest BCUT2D eigenvalue weighted by Gasteiger charge is 2.19. The van der Waals surface area contributed by atoms with Crippen LogP contribution >= 0.6 is 0 Å². The molecular weight excluding hydrogens is 805 g/mol. The van der Waals surface area contributed by atoms with Gasteiger partial charge in [-0.05, 0) is 44.9 Å². The lowest BCUT2D eigenvalue weighted by Gasteiger charge is -2.18. The number of hydrogen-bond donors (Lipinski definition) is 0. The van der Waals surface area contributed by atoms with Crippen LogP contribution in [0.4, 0.5) is 0 Å². The SMILES string of the molecule is CCCCCCCC/C=C\CCCCCC(=O)OCC(COC(=O)CCCCCCCCCCCCCCCCCCC)OC(=O)CCCCCCCCCCCCCCCCCCC. The van der Waals surface area contributed by atoms with Crippen molar-refractivity contribution in [1.82, 2.24) is 0 Å². The summed E-state index contributed by atoms with van der Waals surface area (Å²) in [5.41, 5.74) is 0. The van der Waals surface area contributed by atoms with Gasteiger partial charge in [0, 0.05) is 19.3 Å². The predicted molar refractivity (Wildman–Crippen MR) is 280 cm³/mol. The molecule has 0 fully saturated rings. The molecule has 0 spiro atoms. The van der Waals surface area contributed by atoms with Crippen LogP contribution in [0, 0.1) is 0 Å². The van der Waals surface area contributed by atoms with Gasteiger partial charge < -0.3 is 14.2 Å². The van der Waals surface area contributed by atoms with Crippen LogP contribution in [-0.2, 0) is 28.6 Å². The molecule has 0 aromatic carbocycles. The van der Waals surface area contributed by atoms with E-state index in [9.17, 15) is 14.4 Å². The molecule has 0 aromatic heterocycles. The molecule has 0 aliphatic carbocycles. The third kappa shape index (κ3) is 53.0. The van der Waals surface area contributed by atoms with E-state index in [-0.39, 0.29) is 31.1 Å². The first kappa shape index (κ1) is 63.1. The fourth-order valence-electron chi connectivity index (χ4n) is 8.85. The maximum absolute atomic E-state index is 12.8. The number of esters is 3. The summed E-state index contributed by atoms with van der Waals surface area (Å²) in [7, 11) is 0. The molecule has 0 aliphatic heterocycles. The van der Waals surface area contributed by atoms with Gasteiger partial charge in [-0.25, -0.2) is 0 Å². The summed E-state index contributed by atoms with van der Waals surface area (Å²) < 4.78 is 16.9. The Balaban J connectivity index is 4.31. The van der Waals surface area contributed by atoms with Gasteiger partial charge in [0.15, 0.2) is 6.10 Å². The van der Waals surface area contributed by atoms with Crippen LogP contribution in [-0.4, -0.2) is 37.2 Å². The molecule has 1 unspecified atom stereocenters. The van der Waals surface area contributed by atoms with Crippen molar-refractivity contribution in [3.05, 3.63) is 12.2 Å². The van der Waals surface area contributed by atoms with Crippen LogP contribution in [0.5, 0.6) is 0 Å². The van der Waals surface area contributed by atoms with Crippen molar-refractivity contribution in [2.24, 2.45) is 0 Å². The monoisotopic (exact) mass is 917 g/mol. The molecule has 65 heavy (non-hydrogen) atoms. The molecule has 0 radical (unpaired) electrons. The molecule has 1 atom stereocenters. The first-order valence-electron chi connectivity index (χ1n) is 29.2. The van der Waals surface area contributed by atoms with E-state index in [0.29, 0.717) is 19.3 Å². The second-order valence-corrected chi connectivity index (χ2v) is 19.9. The van der Waals surface area contributed by atoms with Gasteiger partial charge in [-0.3, -0.25) is 14.4 Å². The van der Waals surface area contributed by atoms with Crippen LogP contribution < -0.4 is 0 Å². The molecule has 0 heterocycles. The maximum atomic E-state index is 12.8. The highest BCUT2D eigenvalue weighted by atomic mass is 16.6. The Morgan fingerprint density at radius 1 is 0.292 bits per heavy atom. The van der Waals surface area contributed by atoms with E-state index in [1.54, 1.807) is 0 Å². The van der Waals surface area contributed by atoms with Crippen molar-refractivity contribution < 1.29 is 28.6 Å². The van der Waals surface area contributed by atoms with Gasteiger partial charge in [0.1, 0.15) is 13.2 Å². The first-order chi connectivity index (χ1) is 32.0.